The van der Waals surface area contributed by atoms with Crippen molar-refractivity contribution in [3.63, 3.8) is 0 Å². The Hall–Kier alpha value is -2.44. The van der Waals surface area contributed by atoms with Gasteiger partial charge in [0, 0.05) is 44.8 Å². The normalized spacial score (nSPS) is 17.9. The second-order valence-corrected chi connectivity index (χ2v) is 12.6. The molecule has 2 aliphatic heterocycles. The minimum atomic E-state index is -3.61. The predicted octanol–water partition coefficient (Wildman–Crippen LogP) is 4.37. The van der Waals surface area contributed by atoms with Gasteiger partial charge in [-0.05, 0) is 55.7 Å². The molecule has 5 rings (SSSR count). The van der Waals surface area contributed by atoms with Gasteiger partial charge in [-0.2, -0.15) is 4.31 Å². The first kappa shape index (κ1) is 27.1. The van der Waals surface area contributed by atoms with Crippen LogP contribution < -0.4 is 4.90 Å². The molecule has 2 fully saturated rings. The number of anilines is 1. The Bertz CT molecular complexity index is 1350. The molecule has 204 valence electrons. The molecule has 0 atom stereocenters. The number of rotatable bonds is 8. The van der Waals surface area contributed by atoms with Gasteiger partial charge in [0.05, 0.1) is 22.8 Å². The number of aromatic nitrogens is 1. The molecular formula is C27H33FN4O4S2. The van der Waals surface area contributed by atoms with E-state index >= 15 is 0 Å². The van der Waals surface area contributed by atoms with Gasteiger partial charge in [0.1, 0.15) is 11.3 Å². The van der Waals surface area contributed by atoms with Crippen molar-refractivity contribution in [2.45, 2.75) is 37.0 Å². The Balaban J connectivity index is 1.37. The molecule has 0 saturated carbocycles. The van der Waals surface area contributed by atoms with E-state index < -0.39 is 15.8 Å². The van der Waals surface area contributed by atoms with E-state index in [0.29, 0.717) is 54.7 Å². The maximum Gasteiger partial charge on any atom is 0.260 e. The lowest BCUT2D eigenvalue weighted by molar-refractivity contribution is 0.0376. The molecule has 0 spiro atoms. The number of thiazole rings is 1. The van der Waals surface area contributed by atoms with Crippen molar-refractivity contribution in [3.05, 3.63) is 53.8 Å². The van der Waals surface area contributed by atoms with Gasteiger partial charge in [-0.3, -0.25) is 14.6 Å². The van der Waals surface area contributed by atoms with Gasteiger partial charge in [0.15, 0.2) is 5.13 Å². The van der Waals surface area contributed by atoms with Crippen LogP contribution in [0.4, 0.5) is 9.52 Å². The molecule has 0 aliphatic carbocycles. The monoisotopic (exact) mass is 560 g/mol. The molecule has 3 aromatic rings. The third kappa shape index (κ3) is 6.07. The van der Waals surface area contributed by atoms with Gasteiger partial charge in [-0.1, -0.05) is 30.2 Å². The summed E-state index contributed by atoms with van der Waals surface area (Å²) in [6.45, 7) is 5.37. The van der Waals surface area contributed by atoms with Crippen LogP contribution in [-0.2, 0) is 14.8 Å². The zero-order chi connectivity index (χ0) is 26.5. The summed E-state index contributed by atoms with van der Waals surface area (Å²) in [4.78, 5) is 22.2. The highest BCUT2D eigenvalue weighted by molar-refractivity contribution is 7.89. The molecule has 11 heteroatoms. The molecule has 3 heterocycles. The average Bonchev–Trinajstić information content (AvgIpc) is 3.17. The van der Waals surface area contributed by atoms with E-state index in [2.05, 4.69) is 9.88 Å². The van der Waals surface area contributed by atoms with Crippen LogP contribution in [0.5, 0.6) is 0 Å². The lowest BCUT2D eigenvalue weighted by atomic mass is 10.2. The first-order valence-corrected chi connectivity index (χ1v) is 15.5. The van der Waals surface area contributed by atoms with Gasteiger partial charge < -0.3 is 4.74 Å². The van der Waals surface area contributed by atoms with Crippen molar-refractivity contribution in [2.24, 2.45) is 0 Å². The number of fused-ring (bicyclic) bond motifs is 1. The zero-order valence-corrected chi connectivity index (χ0v) is 23.0. The fraction of sp³-hybridized carbons (Fsp3) is 0.481. The number of amides is 1. The number of hydrogen-bond donors (Lipinski definition) is 0. The topological polar surface area (TPSA) is 83.1 Å². The van der Waals surface area contributed by atoms with Crippen molar-refractivity contribution in [3.8, 4) is 0 Å². The number of carbonyl (C=O) groups is 1. The van der Waals surface area contributed by atoms with E-state index in [-0.39, 0.29) is 16.3 Å². The van der Waals surface area contributed by atoms with Crippen molar-refractivity contribution >= 4 is 42.6 Å². The first-order chi connectivity index (χ1) is 18.4. The zero-order valence-electron chi connectivity index (χ0n) is 21.4. The number of morpholine rings is 1. The quantitative estimate of drug-likeness (QED) is 0.407. The van der Waals surface area contributed by atoms with E-state index in [1.807, 2.05) is 0 Å². The number of hydrogen-bond acceptors (Lipinski definition) is 7. The number of nitrogens with zero attached hydrogens (tertiary/aromatic N) is 4. The molecule has 0 N–H and O–H groups in total. The lowest BCUT2D eigenvalue weighted by Gasteiger charge is -2.27. The maximum absolute atomic E-state index is 14.4. The molecule has 0 bridgehead atoms. The fourth-order valence-corrected chi connectivity index (χ4v) is 7.46. The summed E-state index contributed by atoms with van der Waals surface area (Å²) >= 11 is 1.27. The van der Waals surface area contributed by atoms with E-state index in [1.165, 1.54) is 29.5 Å². The van der Waals surface area contributed by atoms with Gasteiger partial charge in [0.2, 0.25) is 10.0 Å². The molecule has 8 nitrogen and oxygen atoms in total. The smallest absolute Gasteiger partial charge is 0.260 e. The fourth-order valence-electron chi connectivity index (χ4n) is 4.94. The Morgan fingerprint density at radius 1 is 1.00 bits per heavy atom. The van der Waals surface area contributed by atoms with Crippen LogP contribution in [0.15, 0.2) is 47.4 Å². The highest BCUT2D eigenvalue weighted by Gasteiger charge is 2.27. The van der Waals surface area contributed by atoms with Crippen molar-refractivity contribution in [1.82, 2.24) is 14.2 Å². The molecule has 2 aromatic carbocycles. The Labute approximate surface area is 227 Å². The van der Waals surface area contributed by atoms with E-state index in [9.17, 15) is 17.6 Å². The summed E-state index contributed by atoms with van der Waals surface area (Å²) in [5.41, 5.74) is 0.614. The van der Waals surface area contributed by atoms with E-state index in [4.69, 9.17) is 4.74 Å². The van der Waals surface area contributed by atoms with Crippen LogP contribution in [0, 0.1) is 5.82 Å². The van der Waals surface area contributed by atoms with Crippen molar-refractivity contribution in [1.29, 1.82) is 0 Å². The number of ether oxygens (including phenoxy) is 1. The average molecular weight is 561 g/mol. The summed E-state index contributed by atoms with van der Waals surface area (Å²) < 4.78 is 48.4. The summed E-state index contributed by atoms with van der Waals surface area (Å²) in [7, 11) is -3.61. The number of halogens is 1. The van der Waals surface area contributed by atoms with E-state index in [1.54, 1.807) is 33.5 Å². The summed E-state index contributed by atoms with van der Waals surface area (Å²) in [5.74, 6) is -0.709. The minimum absolute atomic E-state index is 0.192. The van der Waals surface area contributed by atoms with Gasteiger partial charge in [-0.15, -0.1) is 0 Å². The number of carbonyl (C=O) groups excluding carboxylic acids is 1. The van der Waals surface area contributed by atoms with Crippen LogP contribution in [0.1, 0.15) is 42.5 Å². The number of para-hydroxylation sites is 1. The molecule has 38 heavy (non-hydrogen) atoms. The summed E-state index contributed by atoms with van der Waals surface area (Å²) in [6.07, 6.45) is 4.51. The van der Waals surface area contributed by atoms with Crippen LogP contribution in [-0.4, -0.2) is 81.0 Å². The summed E-state index contributed by atoms with van der Waals surface area (Å²) in [5, 5.41) is 0.429. The molecular weight excluding hydrogens is 527 g/mol. The minimum Gasteiger partial charge on any atom is -0.379 e. The Morgan fingerprint density at radius 3 is 2.39 bits per heavy atom. The van der Waals surface area contributed by atoms with E-state index in [0.717, 1.165) is 45.3 Å². The van der Waals surface area contributed by atoms with Crippen LogP contribution >= 0.6 is 11.3 Å². The third-order valence-electron chi connectivity index (χ3n) is 7.10. The summed E-state index contributed by atoms with van der Waals surface area (Å²) in [6, 6.07) is 10.9. The number of sulfonamides is 1. The highest BCUT2D eigenvalue weighted by Crippen LogP contribution is 2.31. The predicted molar refractivity (Wildman–Crippen MR) is 147 cm³/mol. The molecule has 0 unspecified atom stereocenters. The second-order valence-electron chi connectivity index (χ2n) is 9.69. The van der Waals surface area contributed by atoms with Crippen LogP contribution in [0.3, 0.4) is 0 Å². The standard InChI is InChI=1S/C27H33FN4O4S2/c28-23-7-5-8-24-25(23)29-27(37-24)32(16-6-13-30-17-19-36-20-18-30)26(33)21-9-11-22(12-10-21)38(34,35)31-14-3-1-2-4-15-31/h5,7-12H,1-4,6,13-20H2. The van der Waals surface area contributed by atoms with Gasteiger partial charge in [0.25, 0.3) is 5.91 Å². The number of benzene rings is 2. The molecule has 0 radical (unpaired) electrons. The third-order valence-corrected chi connectivity index (χ3v) is 10.1. The van der Waals surface area contributed by atoms with Crippen LogP contribution in [0.25, 0.3) is 10.2 Å². The first-order valence-electron chi connectivity index (χ1n) is 13.2. The van der Waals surface area contributed by atoms with Crippen molar-refractivity contribution in [2.75, 3.05) is 57.4 Å². The Kier molecular flexibility index (Phi) is 8.69. The van der Waals surface area contributed by atoms with Gasteiger partial charge >= 0.3 is 0 Å². The van der Waals surface area contributed by atoms with Gasteiger partial charge in [-0.25, -0.2) is 17.8 Å². The molecule has 2 saturated heterocycles. The SMILES string of the molecule is O=C(c1ccc(S(=O)(=O)N2CCCCCC2)cc1)N(CCCN1CCOCC1)c1nc2c(F)cccc2s1. The highest BCUT2D eigenvalue weighted by atomic mass is 32.2. The largest absolute Gasteiger partial charge is 0.379 e. The molecule has 1 amide bonds. The lowest BCUT2D eigenvalue weighted by Crippen LogP contribution is -2.39. The Morgan fingerprint density at radius 2 is 1.71 bits per heavy atom. The molecule has 1 aromatic heterocycles. The molecule has 2 aliphatic rings. The second kappa shape index (κ2) is 12.2. The van der Waals surface area contributed by atoms with Crippen molar-refractivity contribution < 1.29 is 22.3 Å². The maximum atomic E-state index is 14.4. The van der Waals surface area contributed by atoms with Crippen LogP contribution in [0.2, 0.25) is 0 Å².